The van der Waals surface area contributed by atoms with Crippen molar-refractivity contribution in [2.45, 2.75) is 19.3 Å². The van der Waals surface area contributed by atoms with Gasteiger partial charge in [0.05, 0.1) is 0 Å². The molecule has 0 spiro atoms. The van der Waals surface area contributed by atoms with Crippen LogP contribution in [0.5, 0.6) is 0 Å². The summed E-state index contributed by atoms with van der Waals surface area (Å²) < 4.78 is 10.0. The molecule has 0 saturated heterocycles. The first kappa shape index (κ1) is 18.3. The van der Waals surface area contributed by atoms with E-state index in [0.717, 1.165) is 19.0 Å². The van der Waals surface area contributed by atoms with E-state index in [1.807, 2.05) is 0 Å². The molecule has 128 valence electrons. The Morgan fingerprint density at radius 3 is 1.16 bits per heavy atom. The fourth-order valence-corrected chi connectivity index (χ4v) is 14.0. The van der Waals surface area contributed by atoms with Crippen molar-refractivity contribution in [1.29, 1.82) is 0 Å². The van der Waals surface area contributed by atoms with Crippen LogP contribution in [0.2, 0.25) is 0 Å². The van der Waals surface area contributed by atoms with E-state index in [2.05, 4.69) is 97.9 Å². The summed E-state index contributed by atoms with van der Waals surface area (Å²) >= 11 is -2.93. The minimum atomic E-state index is -2.93. The normalized spacial score (nSPS) is 11.4. The van der Waals surface area contributed by atoms with Gasteiger partial charge in [0.25, 0.3) is 0 Å². The summed E-state index contributed by atoms with van der Waals surface area (Å²) in [5.41, 5.74) is 4.25. The van der Waals surface area contributed by atoms with E-state index in [9.17, 15) is 0 Å². The Balaban J connectivity index is 1.94. The van der Waals surface area contributed by atoms with E-state index in [1.165, 1.54) is 16.7 Å². The third kappa shape index (κ3) is 5.49. The molecule has 3 aromatic rings. The molecule has 2 heteroatoms. The monoisotopic (exact) mass is 408 g/mol. The van der Waals surface area contributed by atoms with Gasteiger partial charge in [-0.3, -0.25) is 0 Å². The van der Waals surface area contributed by atoms with Crippen molar-refractivity contribution in [3.8, 4) is 0 Å². The van der Waals surface area contributed by atoms with E-state index in [1.54, 1.807) is 0 Å². The zero-order valence-electron chi connectivity index (χ0n) is 14.9. The molecule has 3 aromatic carbocycles. The van der Waals surface area contributed by atoms with Crippen molar-refractivity contribution < 1.29 is 23.5 Å². The van der Waals surface area contributed by atoms with E-state index >= 15 is 0 Å². The van der Waals surface area contributed by atoms with Crippen LogP contribution >= 0.6 is 0 Å². The van der Waals surface area contributed by atoms with Crippen LogP contribution < -0.4 is 0 Å². The standard InChI is InChI=1S/3C7H7.C2H5O.Zr/c3*1-7-5-3-2-4-6-7;1-2-3;/h3*2-6H,1H2;2H2,1H3;/q;;;-1;+1. The first-order valence-electron chi connectivity index (χ1n) is 9.05. The maximum absolute atomic E-state index is 6.65. The van der Waals surface area contributed by atoms with Crippen molar-refractivity contribution in [1.82, 2.24) is 0 Å². The van der Waals surface area contributed by atoms with Crippen LogP contribution in [0.4, 0.5) is 0 Å². The summed E-state index contributed by atoms with van der Waals surface area (Å²) in [5.74, 6) is 0. The fraction of sp³-hybridized carbons (Fsp3) is 0.217. The first-order chi connectivity index (χ1) is 12.3. The van der Waals surface area contributed by atoms with Crippen LogP contribution in [0.3, 0.4) is 0 Å². The predicted molar refractivity (Wildman–Crippen MR) is 102 cm³/mol. The summed E-state index contributed by atoms with van der Waals surface area (Å²) in [4.78, 5) is 0. The van der Waals surface area contributed by atoms with Gasteiger partial charge in [-0.1, -0.05) is 0 Å². The van der Waals surface area contributed by atoms with Gasteiger partial charge >= 0.3 is 157 Å². The molecule has 0 unspecified atom stereocenters. The van der Waals surface area contributed by atoms with E-state index in [4.69, 9.17) is 2.81 Å². The van der Waals surface area contributed by atoms with Gasteiger partial charge in [0.2, 0.25) is 0 Å². The molecule has 0 aliphatic heterocycles. The Hall–Kier alpha value is -1.50. The van der Waals surface area contributed by atoms with E-state index in [-0.39, 0.29) is 0 Å². The SMILES string of the molecule is CC[O][Zr]([CH2]c1ccccc1)([CH2]c1ccccc1)[CH2]c1ccccc1. The van der Waals surface area contributed by atoms with Crippen molar-refractivity contribution in [3.63, 3.8) is 0 Å². The third-order valence-corrected chi connectivity index (χ3v) is 14.5. The molecule has 0 radical (unpaired) electrons. The second-order valence-corrected chi connectivity index (χ2v) is 15.7. The molecule has 0 atom stereocenters. The molecule has 0 heterocycles. The molecular formula is C23H26OZr. The van der Waals surface area contributed by atoms with Crippen LogP contribution in [-0.2, 0) is 35.9 Å². The van der Waals surface area contributed by atoms with Gasteiger partial charge in [-0.25, -0.2) is 0 Å². The van der Waals surface area contributed by atoms with Crippen molar-refractivity contribution >= 4 is 0 Å². The quantitative estimate of drug-likeness (QED) is 0.464. The van der Waals surface area contributed by atoms with E-state index < -0.39 is 20.7 Å². The predicted octanol–water partition coefficient (Wildman–Crippen LogP) is 5.69. The average molecular weight is 410 g/mol. The summed E-state index contributed by atoms with van der Waals surface area (Å²) in [7, 11) is 0. The van der Waals surface area contributed by atoms with Gasteiger partial charge in [-0.2, -0.15) is 0 Å². The molecule has 0 N–H and O–H groups in total. The van der Waals surface area contributed by atoms with Crippen molar-refractivity contribution in [3.05, 3.63) is 108 Å². The van der Waals surface area contributed by atoms with Crippen molar-refractivity contribution in [2.24, 2.45) is 0 Å². The van der Waals surface area contributed by atoms with Gasteiger partial charge in [-0.15, -0.1) is 0 Å². The van der Waals surface area contributed by atoms with Crippen LogP contribution in [0.25, 0.3) is 0 Å². The molecular weight excluding hydrogens is 383 g/mol. The maximum atomic E-state index is 6.65. The van der Waals surface area contributed by atoms with Gasteiger partial charge in [0.15, 0.2) is 0 Å². The number of benzene rings is 3. The molecule has 0 saturated carbocycles. The fourth-order valence-electron chi connectivity index (χ4n) is 3.55. The summed E-state index contributed by atoms with van der Waals surface area (Å²) in [6, 6.07) is 32.6. The minimum absolute atomic E-state index is 0.808. The molecule has 0 aliphatic carbocycles. The molecule has 3 rings (SSSR count). The van der Waals surface area contributed by atoms with Crippen LogP contribution in [0.15, 0.2) is 91.0 Å². The Kier molecular flexibility index (Phi) is 6.79. The second-order valence-electron chi connectivity index (χ2n) is 6.60. The molecule has 0 aliphatic rings. The summed E-state index contributed by atoms with van der Waals surface area (Å²) in [6.45, 7) is 2.95. The molecule has 0 fully saturated rings. The Morgan fingerprint density at radius 1 is 0.560 bits per heavy atom. The van der Waals surface area contributed by atoms with Gasteiger partial charge in [0.1, 0.15) is 0 Å². The van der Waals surface area contributed by atoms with Crippen molar-refractivity contribution in [2.75, 3.05) is 6.61 Å². The number of hydrogen-bond donors (Lipinski definition) is 0. The number of rotatable bonds is 8. The number of hydrogen-bond acceptors (Lipinski definition) is 1. The molecule has 1 nitrogen and oxygen atoms in total. The van der Waals surface area contributed by atoms with Gasteiger partial charge in [0, 0.05) is 0 Å². The van der Waals surface area contributed by atoms with Crippen LogP contribution in [0, 0.1) is 0 Å². The average Bonchev–Trinajstić information content (AvgIpc) is 2.64. The third-order valence-electron chi connectivity index (χ3n) is 4.56. The summed E-state index contributed by atoms with van der Waals surface area (Å²) in [6.07, 6.45) is 0. The van der Waals surface area contributed by atoms with Crippen LogP contribution in [0.1, 0.15) is 23.6 Å². The molecule has 0 aromatic heterocycles. The zero-order chi connectivity index (χ0) is 17.4. The Morgan fingerprint density at radius 2 is 0.880 bits per heavy atom. The first-order valence-corrected chi connectivity index (χ1v) is 15.3. The molecule has 0 amide bonds. The Labute approximate surface area is 156 Å². The molecule has 0 bridgehead atoms. The van der Waals surface area contributed by atoms with E-state index in [0.29, 0.717) is 0 Å². The van der Waals surface area contributed by atoms with Gasteiger partial charge < -0.3 is 0 Å². The van der Waals surface area contributed by atoms with Crippen LogP contribution in [-0.4, -0.2) is 6.61 Å². The molecule has 25 heavy (non-hydrogen) atoms. The Bertz CT molecular complexity index is 639. The zero-order valence-corrected chi connectivity index (χ0v) is 17.4. The topological polar surface area (TPSA) is 9.23 Å². The van der Waals surface area contributed by atoms with Gasteiger partial charge in [-0.05, 0) is 0 Å². The second kappa shape index (κ2) is 9.27. The summed E-state index contributed by atoms with van der Waals surface area (Å²) in [5, 5.41) is 0.